The highest BCUT2D eigenvalue weighted by atomic mass is 32.3. The molecule has 0 aliphatic rings. The van der Waals surface area contributed by atoms with Crippen LogP contribution in [0.3, 0.4) is 0 Å². The SMILES string of the molecule is CN(C)Cc1ccc(CSCCNC(=C[N+](=O)[O-])NCCCCCCCCCCNC(=C[N+](=O)[O-])NCCSCc2ccc(CN(C)C)o2)o1.O=S(=O)(O)O. The molecule has 21 heteroatoms. The first kappa shape index (κ1) is 49.5. The summed E-state index contributed by atoms with van der Waals surface area (Å²) in [5.74, 6) is 7.78. The molecule has 2 rings (SSSR count). The Morgan fingerprint density at radius 2 is 0.945 bits per heavy atom. The first-order valence-corrected chi connectivity index (χ1v) is 21.8. The van der Waals surface area contributed by atoms with E-state index in [0.29, 0.717) is 37.8 Å². The van der Waals surface area contributed by atoms with E-state index in [-0.39, 0.29) is 0 Å². The first-order valence-electron chi connectivity index (χ1n) is 18.1. The largest absolute Gasteiger partial charge is 0.464 e. The highest BCUT2D eigenvalue weighted by Crippen LogP contribution is 2.17. The molecule has 0 radical (unpaired) electrons. The lowest BCUT2D eigenvalue weighted by atomic mass is 10.1. The smallest absolute Gasteiger partial charge is 0.394 e. The number of unbranched alkanes of at least 4 members (excludes halogenated alkanes) is 7. The van der Waals surface area contributed by atoms with Crippen LogP contribution in [0.2, 0.25) is 0 Å². The van der Waals surface area contributed by atoms with E-state index >= 15 is 0 Å². The number of nitrogens with zero attached hydrogens (tertiary/aromatic N) is 4. The number of nitrogens with one attached hydrogen (secondary N) is 4. The zero-order valence-corrected chi connectivity index (χ0v) is 34.8. The second-order valence-corrected chi connectivity index (χ2v) is 16.1. The van der Waals surface area contributed by atoms with Gasteiger partial charge in [-0.15, -0.1) is 0 Å². The van der Waals surface area contributed by atoms with Gasteiger partial charge in [0.1, 0.15) is 23.0 Å². The molecule has 0 spiro atoms. The van der Waals surface area contributed by atoms with Gasteiger partial charge in [0.2, 0.25) is 0 Å². The average molecular weight is 837 g/mol. The summed E-state index contributed by atoms with van der Waals surface area (Å²) in [7, 11) is 3.35. The van der Waals surface area contributed by atoms with Gasteiger partial charge in [-0.3, -0.25) is 29.3 Å². The molecule has 0 aromatic carbocycles. The van der Waals surface area contributed by atoms with Crippen LogP contribution in [0, 0.1) is 20.2 Å². The Morgan fingerprint density at radius 3 is 1.27 bits per heavy atom. The fourth-order valence-corrected chi connectivity index (χ4v) is 6.42. The Morgan fingerprint density at radius 1 is 0.636 bits per heavy atom. The van der Waals surface area contributed by atoms with Gasteiger partial charge in [0.15, 0.2) is 11.6 Å². The highest BCUT2D eigenvalue weighted by Gasteiger charge is 2.07. The molecular weight excluding hydrogens is 777 g/mol. The van der Waals surface area contributed by atoms with Gasteiger partial charge in [0, 0.05) is 37.7 Å². The fraction of sp³-hybridized carbons (Fsp3) is 0.647. The Balaban J connectivity index is 0.00000283. The van der Waals surface area contributed by atoms with E-state index in [1.165, 1.54) is 0 Å². The molecule has 2 aromatic heterocycles. The summed E-state index contributed by atoms with van der Waals surface area (Å²) in [6.07, 6.45) is 10.5. The number of hydrogen-bond donors (Lipinski definition) is 6. The van der Waals surface area contributed by atoms with Crippen molar-refractivity contribution in [3.8, 4) is 0 Å². The monoisotopic (exact) mass is 836 g/mol. The Kier molecular flexibility index (Phi) is 26.8. The van der Waals surface area contributed by atoms with Crippen molar-refractivity contribution < 1.29 is 36.2 Å². The lowest BCUT2D eigenvalue weighted by molar-refractivity contribution is -0.404. The van der Waals surface area contributed by atoms with Crippen molar-refractivity contribution in [3.05, 3.63) is 91.6 Å². The molecule has 0 saturated heterocycles. The van der Waals surface area contributed by atoms with E-state index in [0.717, 1.165) is 123 Å². The first-order chi connectivity index (χ1) is 26.1. The lowest BCUT2D eigenvalue weighted by Crippen LogP contribution is -2.29. The van der Waals surface area contributed by atoms with Crippen LogP contribution in [0.25, 0.3) is 0 Å². The summed E-state index contributed by atoms with van der Waals surface area (Å²) >= 11 is 3.44. The minimum atomic E-state index is -4.67. The van der Waals surface area contributed by atoms with E-state index < -0.39 is 20.2 Å². The Bertz CT molecular complexity index is 1410. The molecule has 55 heavy (non-hydrogen) atoms. The zero-order valence-electron chi connectivity index (χ0n) is 32.4. The molecular formula is C34H60N8O10S3. The summed E-state index contributed by atoms with van der Waals surface area (Å²) in [6.45, 7) is 4.14. The van der Waals surface area contributed by atoms with Crippen LogP contribution in [0.15, 0.2) is 57.1 Å². The maximum absolute atomic E-state index is 11.1. The zero-order chi connectivity index (χ0) is 40.9. The quantitative estimate of drug-likeness (QED) is 0.0249. The number of rotatable bonds is 31. The summed E-state index contributed by atoms with van der Waals surface area (Å²) in [6, 6.07) is 8.00. The fourth-order valence-electron chi connectivity index (χ4n) is 4.93. The molecule has 18 nitrogen and oxygen atoms in total. The van der Waals surface area contributed by atoms with Crippen molar-refractivity contribution in [3.63, 3.8) is 0 Å². The third-order valence-corrected chi connectivity index (χ3v) is 9.16. The van der Waals surface area contributed by atoms with Crippen molar-refractivity contribution in [2.75, 3.05) is 65.9 Å². The second kappa shape index (κ2) is 29.8. The summed E-state index contributed by atoms with van der Waals surface area (Å²) < 4.78 is 43.2. The van der Waals surface area contributed by atoms with Gasteiger partial charge < -0.3 is 39.9 Å². The van der Waals surface area contributed by atoms with Gasteiger partial charge in [-0.2, -0.15) is 31.9 Å². The van der Waals surface area contributed by atoms with Gasteiger partial charge in [0.05, 0.1) is 34.4 Å². The van der Waals surface area contributed by atoms with E-state index in [4.69, 9.17) is 26.4 Å². The topological polar surface area (TPSA) is 242 Å². The summed E-state index contributed by atoms with van der Waals surface area (Å²) in [5.41, 5.74) is 0. The Hall–Kier alpha value is -3.47. The third kappa shape index (κ3) is 31.4. The summed E-state index contributed by atoms with van der Waals surface area (Å²) in [5, 5.41) is 34.7. The number of thioether (sulfide) groups is 2. The van der Waals surface area contributed by atoms with Gasteiger partial charge in [-0.1, -0.05) is 38.5 Å². The minimum Gasteiger partial charge on any atom is -0.464 e. The molecule has 0 fully saturated rings. The molecule has 314 valence electrons. The minimum absolute atomic E-state index is 0.435. The van der Waals surface area contributed by atoms with Crippen LogP contribution in [-0.4, -0.2) is 103 Å². The van der Waals surface area contributed by atoms with Crippen molar-refractivity contribution in [1.29, 1.82) is 0 Å². The normalized spacial score (nSPS) is 12.1. The predicted octanol–water partition coefficient (Wildman–Crippen LogP) is 5.14. The molecule has 0 aliphatic heterocycles. The van der Waals surface area contributed by atoms with Gasteiger partial charge in [0.25, 0.3) is 12.4 Å². The van der Waals surface area contributed by atoms with Gasteiger partial charge in [-0.05, 0) is 65.3 Å². The van der Waals surface area contributed by atoms with Crippen LogP contribution < -0.4 is 21.3 Å². The second-order valence-electron chi connectivity index (χ2n) is 13.0. The van der Waals surface area contributed by atoms with Crippen LogP contribution in [0.1, 0.15) is 74.4 Å². The number of nitro groups is 2. The predicted molar refractivity (Wildman–Crippen MR) is 218 cm³/mol. The third-order valence-electron chi connectivity index (χ3n) is 7.19. The molecule has 0 amide bonds. The molecule has 0 bridgehead atoms. The maximum atomic E-state index is 11.1. The molecule has 0 unspecified atom stereocenters. The molecule has 0 atom stereocenters. The maximum Gasteiger partial charge on any atom is 0.394 e. The Labute approximate surface area is 333 Å². The molecule has 6 N–H and O–H groups in total. The van der Waals surface area contributed by atoms with Crippen molar-refractivity contribution in [1.82, 2.24) is 31.1 Å². The van der Waals surface area contributed by atoms with Crippen molar-refractivity contribution >= 4 is 33.9 Å². The van der Waals surface area contributed by atoms with Gasteiger partial charge >= 0.3 is 10.4 Å². The van der Waals surface area contributed by atoms with E-state index in [1.54, 1.807) is 23.5 Å². The molecule has 2 heterocycles. The van der Waals surface area contributed by atoms with Crippen molar-refractivity contribution in [2.45, 2.75) is 76.0 Å². The average Bonchev–Trinajstić information content (AvgIpc) is 3.71. The highest BCUT2D eigenvalue weighted by molar-refractivity contribution is 7.98. The van der Waals surface area contributed by atoms with E-state index in [9.17, 15) is 20.2 Å². The standard InChI is InChI=1S/C34H58N8O6S2.H2O4S/c1-39(2)23-29-13-15-31(47-29)27-49-21-19-37-33(25-41(43)44)35-17-11-9-7-5-6-8-10-12-18-36-34(26-42(45)46)38-20-22-50-28-32-16-14-30(48-32)24-40(3)4;1-5(2,3)4/h13-16,25-26,35-38H,5-12,17-24,27-28H2,1-4H3;(H2,1,2,3,4). The lowest BCUT2D eigenvalue weighted by Gasteiger charge is -2.11. The van der Waals surface area contributed by atoms with Crippen molar-refractivity contribution in [2.24, 2.45) is 0 Å². The van der Waals surface area contributed by atoms with Crippen LogP contribution in [-0.2, 0) is 35.0 Å². The molecule has 2 aromatic rings. The van der Waals surface area contributed by atoms with E-state index in [2.05, 4.69) is 31.1 Å². The molecule has 0 aliphatic carbocycles. The molecule has 0 saturated carbocycles. The summed E-state index contributed by atoms with van der Waals surface area (Å²) in [4.78, 5) is 25.4. The van der Waals surface area contributed by atoms with Crippen LogP contribution in [0.4, 0.5) is 0 Å². The number of furan rings is 2. The van der Waals surface area contributed by atoms with Gasteiger partial charge in [-0.25, -0.2) is 0 Å². The van der Waals surface area contributed by atoms with Crippen LogP contribution in [0.5, 0.6) is 0 Å². The number of hydrogen-bond acceptors (Lipinski definition) is 16. The van der Waals surface area contributed by atoms with E-state index in [1.807, 2.05) is 52.5 Å². The van der Waals surface area contributed by atoms with Crippen LogP contribution >= 0.6 is 23.5 Å².